The average Bonchev–Trinajstić information content (AvgIpc) is 3.12. The molecule has 0 spiro atoms. The lowest BCUT2D eigenvalue weighted by molar-refractivity contribution is 0.314. The molecule has 0 radical (unpaired) electrons. The lowest BCUT2D eigenvalue weighted by Crippen LogP contribution is -2.30. The van der Waals surface area contributed by atoms with E-state index in [1.54, 1.807) is 0 Å². The summed E-state index contributed by atoms with van der Waals surface area (Å²) in [5.41, 5.74) is 2.59. The molecule has 1 unspecified atom stereocenters. The van der Waals surface area contributed by atoms with E-state index in [1.807, 2.05) is 32.2 Å². The van der Waals surface area contributed by atoms with Crippen molar-refractivity contribution in [1.29, 1.82) is 0 Å². The molecule has 3 aromatic rings. The van der Waals surface area contributed by atoms with Crippen LogP contribution >= 0.6 is 0 Å². The quantitative estimate of drug-likeness (QED) is 0.771. The first kappa shape index (κ1) is 14.4. The van der Waals surface area contributed by atoms with E-state index in [1.165, 1.54) is 0 Å². The zero-order chi connectivity index (χ0) is 16.0. The van der Waals surface area contributed by atoms with Crippen molar-refractivity contribution in [3.8, 4) is 0 Å². The number of aromatic amines is 1. The maximum atomic E-state index is 12.3. The zero-order valence-electron chi connectivity index (χ0n) is 13.3. The summed E-state index contributed by atoms with van der Waals surface area (Å²) in [7, 11) is 1.99. The molecule has 2 N–H and O–H groups in total. The first-order chi connectivity index (χ1) is 11.1. The van der Waals surface area contributed by atoms with Gasteiger partial charge in [0.25, 0.3) is 5.56 Å². The van der Waals surface area contributed by atoms with E-state index < -0.39 is 0 Å². The molecule has 1 fully saturated rings. The second-order valence-corrected chi connectivity index (χ2v) is 6.30. The standard InChI is InChI=1S/C17H20N4O2/c1-10-3-4-13-12(7-10)15-16(23-13)17(22)20-14(19-15)9-21-6-5-11(8-21)18-2/h3-4,7,11,18H,5-6,8-9H2,1-2H3,(H,19,20,22). The Balaban J connectivity index is 1.75. The smallest absolute Gasteiger partial charge is 0.294 e. The van der Waals surface area contributed by atoms with E-state index in [4.69, 9.17) is 4.42 Å². The van der Waals surface area contributed by atoms with Crippen molar-refractivity contribution in [3.05, 3.63) is 39.9 Å². The van der Waals surface area contributed by atoms with Crippen LogP contribution in [0.3, 0.4) is 0 Å². The fourth-order valence-corrected chi connectivity index (χ4v) is 3.31. The Morgan fingerprint density at radius 3 is 3.13 bits per heavy atom. The van der Waals surface area contributed by atoms with Crippen LogP contribution in [0, 0.1) is 6.92 Å². The Kier molecular flexibility index (Phi) is 3.43. The second kappa shape index (κ2) is 5.47. The first-order valence-electron chi connectivity index (χ1n) is 7.96. The third kappa shape index (κ3) is 2.54. The second-order valence-electron chi connectivity index (χ2n) is 6.30. The van der Waals surface area contributed by atoms with Gasteiger partial charge in [-0.3, -0.25) is 9.69 Å². The normalized spacial score (nSPS) is 19.1. The molecule has 0 bridgehead atoms. The maximum absolute atomic E-state index is 12.3. The van der Waals surface area contributed by atoms with Crippen LogP contribution in [-0.4, -0.2) is 41.0 Å². The predicted octanol–water partition coefficient (Wildman–Crippen LogP) is 1.77. The van der Waals surface area contributed by atoms with E-state index >= 15 is 0 Å². The average molecular weight is 312 g/mol. The molecule has 0 aliphatic carbocycles. The molecule has 0 amide bonds. The van der Waals surface area contributed by atoms with Gasteiger partial charge in [0.15, 0.2) is 0 Å². The topological polar surface area (TPSA) is 74.2 Å². The molecule has 1 aliphatic rings. The van der Waals surface area contributed by atoms with Crippen molar-refractivity contribution in [2.75, 3.05) is 20.1 Å². The summed E-state index contributed by atoms with van der Waals surface area (Å²) in [4.78, 5) is 22.2. The molecule has 1 atom stereocenters. The zero-order valence-corrected chi connectivity index (χ0v) is 13.3. The number of nitrogens with one attached hydrogen (secondary N) is 2. The molecule has 6 nitrogen and oxygen atoms in total. The fourth-order valence-electron chi connectivity index (χ4n) is 3.31. The highest BCUT2D eigenvalue weighted by Gasteiger charge is 2.22. The van der Waals surface area contributed by atoms with Gasteiger partial charge in [0, 0.05) is 24.5 Å². The number of nitrogens with zero attached hydrogens (tertiary/aromatic N) is 2. The van der Waals surface area contributed by atoms with E-state index in [0.717, 1.165) is 30.5 Å². The van der Waals surface area contributed by atoms with Gasteiger partial charge >= 0.3 is 0 Å². The van der Waals surface area contributed by atoms with E-state index in [2.05, 4.69) is 20.2 Å². The van der Waals surface area contributed by atoms with Crippen LogP contribution in [0.25, 0.3) is 22.1 Å². The molecule has 23 heavy (non-hydrogen) atoms. The molecule has 3 heterocycles. The van der Waals surface area contributed by atoms with Gasteiger partial charge in [-0.2, -0.15) is 0 Å². The number of hydrogen-bond donors (Lipinski definition) is 2. The van der Waals surface area contributed by atoms with Crippen molar-refractivity contribution in [3.63, 3.8) is 0 Å². The summed E-state index contributed by atoms with van der Waals surface area (Å²) in [6, 6.07) is 6.40. The van der Waals surface area contributed by atoms with Crippen molar-refractivity contribution < 1.29 is 4.42 Å². The van der Waals surface area contributed by atoms with E-state index in [9.17, 15) is 4.79 Å². The monoisotopic (exact) mass is 312 g/mol. The molecule has 1 aliphatic heterocycles. The summed E-state index contributed by atoms with van der Waals surface area (Å²) >= 11 is 0. The Morgan fingerprint density at radius 1 is 1.48 bits per heavy atom. The Labute approximate surface area is 133 Å². The molecule has 6 heteroatoms. The lowest BCUT2D eigenvalue weighted by atomic mass is 10.2. The number of rotatable bonds is 3. The van der Waals surface area contributed by atoms with Gasteiger partial charge in [-0.05, 0) is 32.5 Å². The highest BCUT2D eigenvalue weighted by atomic mass is 16.3. The molecule has 1 aromatic carbocycles. The number of hydrogen-bond acceptors (Lipinski definition) is 5. The van der Waals surface area contributed by atoms with Crippen LogP contribution in [0.5, 0.6) is 0 Å². The Bertz CT molecular complexity index is 927. The van der Waals surface area contributed by atoms with Gasteiger partial charge in [-0.1, -0.05) is 11.6 Å². The van der Waals surface area contributed by atoms with Crippen LogP contribution in [0.2, 0.25) is 0 Å². The van der Waals surface area contributed by atoms with E-state index in [-0.39, 0.29) is 5.56 Å². The molecule has 1 saturated heterocycles. The Morgan fingerprint density at radius 2 is 2.35 bits per heavy atom. The van der Waals surface area contributed by atoms with Crippen LogP contribution in [0.1, 0.15) is 17.8 Å². The maximum Gasteiger partial charge on any atom is 0.294 e. The number of likely N-dealkylation sites (N-methyl/N-ethyl adjacent to an activating group) is 1. The molecule has 120 valence electrons. The summed E-state index contributed by atoms with van der Waals surface area (Å²) < 4.78 is 5.67. The van der Waals surface area contributed by atoms with Crippen LogP contribution in [0.4, 0.5) is 0 Å². The minimum absolute atomic E-state index is 0.205. The van der Waals surface area contributed by atoms with Gasteiger partial charge in [-0.25, -0.2) is 4.98 Å². The number of benzene rings is 1. The fraction of sp³-hybridized carbons (Fsp3) is 0.412. The van der Waals surface area contributed by atoms with Gasteiger partial charge in [-0.15, -0.1) is 0 Å². The molecule has 2 aromatic heterocycles. The van der Waals surface area contributed by atoms with Crippen LogP contribution < -0.4 is 10.9 Å². The van der Waals surface area contributed by atoms with E-state index in [0.29, 0.717) is 35.1 Å². The van der Waals surface area contributed by atoms with Gasteiger partial charge in [0.2, 0.25) is 5.58 Å². The number of aromatic nitrogens is 2. The third-order valence-corrected chi connectivity index (χ3v) is 4.58. The highest BCUT2D eigenvalue weighted by Crippen LogP contribution is 2.26. The number of aryl methyl sites for hydroxylation is 1. The SMILES string of the molecule is CNC1CCN(Cc2nc3c(oc4ccc(C)cc43)c(=O)[nH]2)C1. The first-order valence-corrected chi connectivity index (χ1v) is 7.96. The number of likely N-dealkylation sites (tertiary alicyclic amines) is 1. The molecule has 0 saturated carbocycles. The van der Waals surface area contributed by atoms with Crippen molar-refractivity contribution in [2.24, 2.45) is 0 Å². The third-order valence-electron chi connectivity index (χ3n) is 4.58. The summed E-state index contributed by atoms with van der Waals surface area (Å²) in [6.45, 7) is 4.66. The van der Waals surface area contributed by atoms with Crippen molar-refractivity contribution in [2.45, 2.75) is 25.9 Å². The molecular formula is C17H20N4O2. The number of furan rings is 1. The summed E-state index contributed by atoms with van der Waals surface area (Å²) in [5.74, 6) is 0.698. The number of fused-ring (bicyclic) bond motifs is 3. The highest BCUT2D eigenvalue weighted by molar-refractivity contribution is 6.02. The minimum atomic E-state index is -0.205. The predicted molar refractivity (Wildman–Crippen MR) is 89.6 cm³/mol. The van der Waals surface area contributed by atoms with Crippen LogP contribution in [-0.2, 0) is 6.54 Å². The lowest BCUT2D eigenvalue weighted by Gasteiger charge is -2.14. The van der Waals surface area contributed by atoms with Gasteiger partial charge in [0.05, 0.1) is 6.54 Å². The van der Waals surface area contributed by atoms with Gasteiger partial charge < -0.3 is 14.7 Å². The number of H-pyrrole nitrogens is 1. The summed E-state index contributed by atoms with van der Waals surface area (Å²) in [5, 5.41) is 4.20. The summed E-state index contributed by atoms with van der Waals surface area (Å²) in [6.07, 6.45) is 1.12. The van der Waals surface area contributed by atoms with Crippen molar-refractivity contribution in [1.82, 2.24) is 20.2 Å². The minimum Gasteiger partial charge on any atom is -0.449 e. The van der Waals surface area contributed by atoms with Crippen molar-refractivity contribution >= 4 is 22.1 Å². The molecular weight excluding hydrogens is 292 g/mol. The largest absolute Gasteiger partial charge is 0.449 e. The van der Waals surface area contributed by atoms with Gasteiger partial charge in [0.1, 0.15) is 16.9 Å². The Hall–Kier alpha value is -2.18. The molecule has 4 rings (SSSR count). The van der Waals surface area contributed by atoms with Crippen LogP contribution in [0.15, 0.2) is 27.4 Å².